The molecule has 0 radical (unpaired) electrons. The normalized spacial score (nSPS) is 22.2. The van der Waals surface area contributed by atoms with E-state index in [4.69, 9.17) is 5.73 Å². The molecule has 134 valence electrons. The first kappa shape index (κ1) is 17.2. The Morgan fingerprint density at radius 3 is 2.79 bits per heavy atom. The average Bonchev–Trinajstić information content (AvgIpc) is 3.32. The van der Waals surface area contributed by atoms with Crippen molar-refractivity contribution in [2.24, 2.45) is 5.92 Å². The zero-order valence-electron chi connectivity index (χ0n) is 14.8. The van der Waals surface area contributed by atoms with E-state index < -0.39 is 0 Å². The summed E-state index contributed by atoms with van der Waals surface area (Å²) < 4.78 is 0. The summed E-state index contributed by atoms with van der Waals surface area (Å²) in [5.74, 6) is 2.65. The molecule has 0 amide bonds. The van der Waals surface area contributed by atoms with Crippen LogP contribution in [0.5, 0.6) is 0 Å². The number of nitrogens with two attached hydrogens (primary N) is 1. The van der Waals surface area contributed by atoms with Gasteiger partial charge in [-0.3, -0.25) is 4.90 Å². The molecule has 1 aromatic rings. The summed E-state index contributed by atoms with van der Waals surface area (Å²) in [6, 6.07) is 2.89. The van der Waals surface area contributed by atoms with Crippen molar-refractivity contribution in [3.05, 3.63) is 6.07 Å². The van der Waals surface area contributed by atoms with Gasteiger partial charge in [-0.2, -0.15) is 9.97 Å². The lowest BCUT2D eigenvalue weighted by atomic mass is 10.1. The van der Waals surface area contributed by atoms with Crippen LogP contribution < -0.4 is 16.0 Å². The van der Waals surface area contributed by atoms with Crippen molar-refractivity contribution < 1.29 is 5.11 Å². The van der Waals surface area contributed by atoms with Crippen LogP contribution in [0.4, 0.5) is 17.6 Å². The highest BCUT2D eigenvalue weighted by Gasteiger charge is 2.28. The quantitative estimate of drug-likeness (QED) is 0.689. The van der Waals surface area contributed by atoms with E-state index in [9.17, 15) is 5.11 Å². The third-order valence-electron chi connectivity index (χ3n) is 4.65. The largest absolute Gasteiger partial charge is 0.396 e. The summed E-state index contributed by atoms with van der Waals surface area (Å²) in [6.07, 6.45) is 3.19. The predicted molar refractivity (Wildman–Crippen MR) is 97.2 cm³/mol. The molecule has 2 fully saturated rings. The molecule has 0 aromatic carbocycles. The molecule has 1 aliphatic carbocycles. The van der Waals surface area contributed by atoms with Gasteiger partial charge in [-0.25, -0.2) is 0 Å². The zero-order valence-corrected chi connectivity index (χ0v) is 14.8. The van der Waals surface area contributed by atoms with E-state index in [0.717, 1.165) is 44.2 Å². The first-order valence-electron chi connectivity index (χ1n) is 9.06. The molecule has 0 spiro atoms. The van der Waals surface area contributed by atoms with Gasteiger partial charge < -0.3 is 21.1 Å². The minimum Gasteiger partial charge on any atom is -0.396 e. The van der Waals surface area contributed by atoms with Crippen LogP contribution in [-0.4, -0.2) is 64.8 Å². The molecule has 1 saturated heterocycles. The Hall–Kier alpha value is -1.60. The zero-order chi connectivity index (χ0) is 17.1. The van der Waals surface area contributed by atoms with Crippen LogP contribution >= 0.6 is 0 Å². The number of nitrogens with one attached hydrogen (secondary N) is 1. The fourth-order valence-electron chi connectivity index (χ4n) is 3.36. The number of rotatable bonds is 7. The number of aromatic nitrogens is 2. The summed E-state index contributed by atoms with van der Waals surface area (Å²) in [6.45, 7) is 8.54. The minimum absolute atomic E-state index is 0.216. The van der Waals surface area contributed by atoms with E-state index in [-0.39, 0.29) is 6.61 Å². The molecule has 4 N–H and O–H groups in total. The van der Waals surface area contributed by atoms with Gasteiger partial charge in [-0.15, -0.1) is 0 Å². The Labute approximate surface area is 144 Å². The van der Waals surface area contributed by atoms with Crippen molar-refractivity contribution in [3.8, 4) is 0 Å². The Morgan fingerprint density at radius 1 is 1.33 bits per heavy atom. The van der Waals surface area contributed by atoms with Crippen LogP contribution in [0.25, 0.3) is 0 Å². The molecular formula is C17H30N6O. The van der Waals surface area contributed by atoms with Crippen molar-refractivity contribution in [1.82, 2.24) is 14.9 Å². The molecule has 2 heterocycles. The lowest BCUT2D eigenvalue weighted by Gasteiger charge is -2.42. The summed E-state index contributed by atoms with van der Waals surface area (Å²) in [4.78, 5) is 13.5. The van der Waals surface area contributed by atoms with E-state index in [0.29, 0.717) is 23.9 Å². The highest BCUT2D eigenvalue weighted by atomic mass is 16.3. The Kier molecular flexibility index (Phi) is 5.40. The molecule has 1 aliphatic heterocycles. The van der Waals surface area contributed by atoms with Gasteiger partial charge in [-0.1, -0.05) is 13.8 Å². The Morgan fingerprint density at radius 2 is 2.12 bits per heavy atom. The van der Waals surface area contributed by atoms with Gasteiger partial charge in [0, 0.05) is 50.9 Å². The van der Waals surface area contributed by atoms with Gasteiger partial charge in [0.15, 0.2) is 0 Å². The maximum Gasteiger partial charge on any atom is 0.223 e. The van der Waals surface area contributed by atoms with Gasteiger partial charge in [0.1, 0.15) is 11.6 Å². The standard InChI is InChI=1S/C17H30N6O/c1-12(2)10-22-6-7-23(11-14(22)5-8-24)16-9-15(19-13-3-4-13)20-17(18)21-16/h9,12-14,24H,3-8,10-11H2,1-2H3,(H3,18,19,20,21)/t14-/m1/s1. The fraction of sp³-hybridized carbons (Fsp3) is 0.765. The average molecular weight is 334 g/mol. The van der Waals surface area contributed by atoms with Gasteiger partial charge in [0.25, 0.3) is 0 Å². The van der Waals surface area contributed by atoms with Gasteiger partial charge in [0.05, 0.1) is 0 Å². The molecule has 2 aliphatic rings. The summed E-state index contributed by atoms with van der Waals surface area (Å²) in [7, 11) is 0. The second-order valence-corrected chi connectivity index (χ2v) is 7.39. The first-order chi connectivity index (χ1) is 11.5. The number of hydrogen-bond donors (Lipinski definition) is 3. The van der Waals surface area contributed by atoms with Crippen molar-refractivity contribution in [3.63, 3.8) is 0 Å². The van der Waals surface area contributed by atoms with E-state index in [2.05, 4.69) is 38.9 Å². The number of nitrogens with zero attached hydrogens (tertiary/aromatic N) is 4. The number of aliphatic hydroxyl groups excluding tert-OH is 1. The Balaban J connectivity index is 1.71. The molecule has 7 heteroatoms. The minimum atomic E-state index is 0.216. The molecule has 3 rings (SSSR count). The van der Waals surface area contributed by atoms with Crippen LogP contribution in [0.1, 0.15) is 33.1 Å². The number of aliphatic hydroxyl groups is 1. The lowest BCUT2D eigenvalue weighted by molar-refractivity contribution is 0.128. The molecular weight excluding hydrogens is 304 g/mol. The Bertz CT molecular complexity index is 548. The smallest absolute Gasteiger partial charge is 0.223 e. The summed E-state index contributed by atoms with van der Waals surface area (Å²) >= 11 is 0. The van der Waals surface area contributed by atoms with Crippen LogP contribution in [0.2, 0.25) is 0 Å². The number of piperazine rings is 1. The monoisotopic (exact) mass is 334 g/mol. The molecule has 1 aromatic heterocycles. The highest BCUT2D eigenvalue weighted by molar-refractivity contribution is 5.53. The van der Waals surface area contributed by atoms with Gasteiger partial charge >= 0.3 is 0 Å². The van der Waals surface area contributed by atoms with Crippen molar-refractivity contribution in [2.45, 2.75) is 45.2 Å². The number of hydrogen-bond acceptors (Lipinski definition) is 7. The lowest BCUT2D eigenvalue weighted by Crippen LogP contribution is -2.54. The highest BCUT2D eigenvalue weighted by Crippen LogP contribution is 2.27. The maximum absolute atomic E-state index is 9.42. The van der Waals surface area contributed by atoms with E-state index >= 15 is 0 Å². The van der Waals surface area contributed by atoms with Crippen molar-refractivity contribution in [2.75, 3.05) is 48.7 Å². The van der Waals surface area contributed by atoms with Gasteiger partial charge in [-0.05, 0) is 25.2 Å². The molecule has 0 bridgehead atoms. The van der Waals surface area contributed by atoms with Crippen molar-refractivity contribution >= 4 is 17.6 Å². The van der Waals surface area contributed by atoms with Gasteiger partial charge in [0.2, 0.25) is 5.95 Å². The molecule has 0 unspecified atom stereocenters. The maximum atomic E-state index is 9.42. The van der Waals surface area contributed by atoms with Crippen LogP contribution in [0.3, 0.4) is 0 Å². The first-order valence-corrected chi connectivity index (χ1v) is 9.06. The van der Waals surface area contributed by atoms with Crippen LogP contribution in [0, 0.1) is 5.92 Å². The van der Waals surface area contributed by atoms with Crippen LogP contribution in [-0.2, 0) is 0 Å². The van der Waals surface area contributed by atoms with E-state index in [1.165, 1.54) is 12.8 Å². The topological polar surface area (TPSA) is 90.5 Å². The predicted octanol–water partition coefficient (Wildman–Crippen LogP) is 1.16. The number of nitrogen functional groups attached to an aromatic ring is 1. The second-order valence-electron chi connectivity index (χ2n) is 7.39. The third kappa shape index (κ3) is 4.48. The molecule has 24 heavy (non-hydrogen) atoms. The fourth-order valence-corrected chi connectivity index (χ4v) is 3.36. The molecule has 1 saturated carbocycles. The van der Waals surface area contributed by atoms with E-state index in [1.54, 1.807) is 0 Å². The van der Waals surface area contributed by atoms with E-state index in [1.807, 2.05) is 6.07 Å². The third-order valence-corrected chi connectivity index (χ3v) is 4.65. The number of anilines is 3. The summed E-state index contributed by atoms with van der Waals surface area (Å²) in [5, 5.41) is 12.8. The molecule has 7 nitrogen and oxygen atoms in total. The van der Waals surface area contributed by atoms with Crippen LogP contribution in [0.15, 0.2) is 6.07 Å². The molecule has 1 atom stereocenters. The summed E-state index contributed by atoms with van der Waals surface area (Å²) in [5.41, 5.74) is 5.91. The second kappa shape index (κ2) is 7.53. The van der Waals surface area contributed by atoms with Crippen molar-refractivity contribution in [1.29, 1.82) is 0 Å². The SMILES string of the molecule is CC(C)CN1CCN(c2cc(NC3CC3)nc(N)n2)C[C@H]1CCO.